The van der Waals surface area contributed by atoms with Crippen LogP contribution in [-0.2, 0) is 9.53 Å². The fraction of sp³-hybridized carbons (Fsp3) is 0.176. The zero-order chi connectivity index (χ0) is 20.1. The third-order valence-corrected chi connectivity index (χ3v) is 3.60. The van der Waals surface area contributed by atoms with E-state index in [1.165, 1.54) is 25.1 Å². The maximum atomic E-state index is 13.7. The molecule has 0 unspecified atom stereocenters. The zero-order valence-corrected chi connectivity index (χ0v) is 14.1. The van der Waals surface area contributed by atoms with Gasteiger partial charge in [0.25, 0.3) is 11.6 Å². The van der Waals surface area contributed by atoms with Gasteiger partial charge in [0.1, 0.15) is 17.3 Å². The first kappa shape index (κ1) is 19.8. The molecule has 142 valence electrons. The molecule has 0 aromatic heterocycles. The van der Waals surface area contributed by atoms with E-state index in [-0.39, 0.29) is 16.8 Å². The van der Waals surface area contributed by atoms with E-state index in [1.807, 2.05) is 0 Å². The molecule has 2 aromatic rings. The van der Waals surface area contributed by atoms with Gasteiger partial charge in [-0.1, -0.05) is 6.07 Å². The third-order valence-electron chi connectivity index (χ3n) is 3.60. The van der Waals surface area contributed by atoms with Crippen LogP contribution in [0.3, 0.4) is 0 Å². The van der Waals surface area contributed by atoms with Gasteiger partial charge in [-0.05, 0) is 25.1 Å². The average molecular weight is 379 g/mol. The number of ether oxygens (including phenoxy) is 1. The number of esters is 1. The lowest BCUT2D eigenvalue weighted by molar-refractivity contribution is -0.383. The van der Waals surface area contributed by atoms with Crippen LogP contribution in [0.25, 0.3) is 0 Å². The first-order valence-electron chi connectivity index (χ1n) is 7.64. The number of halogens is 2. The Morgan fingerprint density at radius 2 is 1.96 bits per heavy atom. The molecule has 27 heavy (non-hydrogen) atoms. The van der Waals surface area contributed by atoms with Crippen LogP contribution < -0.4 is 11.1 Å². The molecule has 1 atom stereocenters. The molecule has 0 aliphatic heterocycles. The molecule has 0 aliphatic rings. The van der Waals surface area contributed by atoms with Gasteiger partial charge in [-0.2, -0.15) is 0 Å². The Morgan fingerprint density at radius 1 is 1.26 bits per heavy atom. The number of carbonyl (C=O) groups excluding carboxylic acids is 2. The molecule has 0 saturated heterocycles. The molecule has 2 aromatic carbocycles. The van der Waals surface area contributed by atoms with Crippen molar-refractivity contribution in [2.75, 3.05) is 12.3 Å². The van der Waals surface area contributed by atoms with Gasteiger partial charge in [-0.3, -0.25) is 14.9 Å². The summed E-state index contributed by atoms with van der Waals surface area (Å²) in [5.41, 5.74) is 4.76. The SMILES string of the molecule is C[C@@H](NC(=O)COC(=O)c1ccc(N)c([N+](=O)[O-])c1)c1ccc(F)cc1F. The summed E-state index contributed by atoms with van der Waals surface area (Å²) >= 11 is 0. The van der Waals surface area contributed by atoms with Crippen LogP contribution in [0, 0.1) is 21.7 Å². The number of rotatable bonds is 6. The molecule has 0 heterocycles. The van der Waals surface area contributed by atoms with Gasteiger partial charge in [-0.25, -0.2) is 13.6 Å². The van der Waals surface area contributed by atoms with Crippen LogP contribution in [0.1, 0.15) is 28.9 Å². The summed E-state index contributed by atoms with van der Waals surface area (Å²) in [5.74, 6) is -3.27. The minimum atomic E-state index is -0.964. The van der Waals surface area contributed by atoms with Gasteiger partial charge in [-0.15, -0.1) is 0 Å². The Morgan fingerprint density at radius 3 is 2.59 bits per heavy atom. The van der Waals surface area contributed by atoms with Gasteiger partial charge in [0.2, 0.25) is 0 Å². The molecular formula is C17H15F2N3O5. The number of amides is 1. The van der Waals surface area contributed by atoms with Crippen LogP contribution in [0.4, 0.5) is 20.2 Å². The predicted molar refractivity (Wildman–Crippen MR) is 90.7 cm³/mol. The highest BCUT2D eigenvalue weighted by Crippen LogP contribution is 2.22. The molecule has 0 radical (unpaired) electrons. The van der Waals surface area contributed by atoms with E-state index in [0.717, 1.165) is 12.1 Å². The normalized spacial score (nSPS) is 11.5. The summed E-state index contributed by atoms with van der Waals surface area (Å²) in [6.45, 7) is 0.781. The summed E-state index contributed by atoms with van der Waals surface area (Å²) in [7, 11) is 0. The molecule has 0 fully saturated rings. The van der Waals surface area contributed by atoms with Crippen molar-refractivity contribution in [2.45, 2.75) is 13.0 Å². The fourth-order valence-electron chi connectivity index (χ4n) is 2.26. The fourth-order valence-corrected chi connectivity index (χ4v) is 2.26. The number of hydrogen-bond acceptors (Lipinski definition) is 6. The highest BCUT2D eigenvalue weighted by atomic mass is 19.1. The second-order valence-corrected chi connectivity index (χ2v) is 5.56. The second kappa shape index (κ2) is 8.21. The van der Waals surface area contributed by atoms with Crippen LogP contribution in [0.15, 0.2) is 36.4 Å². The maximum absolute atomic E-state index is 13.7. The number of benzene rings is 2. The number of nitrogens with one attached hydrogen (secondary N) is 1. The molecule has 0 bridgehead atoms. The number of nitrogens with two attached hydrogens (primary N) is 1. The third kappa shape index (κ3) is 4.97. The minimum Gasteiger partial charge on any atom is -0.452 e. The molecule has 0 aliphatic carbocycles. The smallest absolute Gasteiger partial charge is 0.338 e. The van der Waals surface area contributed by atoms with Crippen molar-refractivity contribution < 1.29 is 28.0 Å². The van der Waals surface area contributed by atoms with Gasteiger partial charge in [0.15, 0.2) is 6.61 Å². The molecule has 0 saturated carbocycles. The Bertz CT molecular complexity index is 904. The monoisotopic (exact) mass is 379 g/mol. The van der Waals surface area contributed by atoms with Crippen molar-refractivity contribution in [3.8, 4) is 0 Å². The summed E-state index contributed by atoms with van der Waals surface area (Å²) in [6, 6.07) is 5.46. The molecular weight excluding hydrogens is 364 g/mol. The van der Waals surface area contributed by atoms with E-state index in [9.17, 15) is 28.5 Å². The van der Waals surface area contributed by atoms with Gasteiger partial charge >= 0.3 is 5.97 Å². The number of anilines is 1. The predicted octanol–water partition coefficient (Wildman–Crippen LogP) is 2.49. The molecule has 2 rings (SSSR count). The van der Waals surface area contributed by atoms with Gasteiger partial charge in [0, 0.05) is 17.7 Å². The highest BCUT2D eigenvalue weighted by Gasteiger charge is 2.19. The summed E-state index contributed by atoms with van der Waals surface area (Å²) in [4.78, 5) is 33.8. The van der Waals surface area contributed by atoms with Crippen molar-refractivity contribution in [3.05, 3.63) is 69.3 Å². The van der Waals surface area contributed by atoms with E-state index < -0.39 is 46.8 Å². The first-order chi connectivity index (χ1) is 12.7. The first-order valence-corrected chi connectivity index (χ1v) is 7.64. The van der Waals surface area contributed by atoms with E-state index in [1.54, 1.807) is 0 Å². The number of carbonyl (C=O) groups is 2. The average Bonchev–Trinajstić information content (AvgIpc) is 2.59. The van der Waals surface area contributed by atoms with E-state index >= 15 is 0 Å². The van der Waals surface area contributed by atoms with Crippen LogP contribution in [-0.4, -0.2) is 23.4 Å². The lowest BCUT2D eigenvalue weighted by Crippen LogP contribution is -2.31. The molecule has 0 spiro atoms. The largest absolute Gasteiger partial charge is 0.452 e. The molecule has 10 heteroatoms. The molecule has 3 N–H and O–H groups in total. The summed E-state index contributed by atoms with van der Waals surface area (Å²) in [6.07, 6.45) is 0. The van der Waals surface area contributed by atoms with Crippen LogP contribution in [0.5, 0.6) is 0 Å². The van der Waals surface area contributed by atoms with Gasteiger partial charge < -0.3 is 15.8 Å². The van der Waals surface area contributed by atoms with Crippen molar-refractivity contribution in [3.63, 3.8) is 0 Å². The van der Waals surface area contributed by atoms with Crippen LogP contribution >= 0.6 is 0 Å². The molecule has 8 nitrogen and oxygen atoms in total. The van der Waals surface area contributed by atoms with E-state index in [4.69, 9.17) is 10.5 Å². The highest BCUT2D eigenvalue weighted by molar-refractivity contribution is 5.92. The van der Waals surface area contributed by atoms with Crippen LogP contribution in [0.2, 0.25) is 0 Å². The Kier molecular flexibility index (Phi) is 6.01. The number of nitro benzene ring substituents is 1. The van der Waals surface area contributed by atoms with Crippen molar-refractivity contribution in [1.82, 2.24) is 5.32 Å². The summed E-state index contributed by atoms with van der Waals surface area (Å²) < 4.78 is 31.4. The Hall–Kier alpha value is -3.56. The number of hydrogen-bond donors (Lipinski definition) is 2. The number of nitrogens with zero attached hydrogens (tertiary/aromatic N) is 1. The summed E-state index contributed by atoms with van der Waals surface area (Å²) in [5, 5.41) is 13.2. The van der Waals surface area contributed by atoms with Crippen molar-refractivity contribution >= 4 is 23.3 Å². The lowest BCUT2D eigenvalue weighted by Gasteiger charge is -2.15. The number of nitro groups is 1. The second-order valence-electron chi connectivity index (χ2n) is 5.56. The van der Waals surface area contributed by atoms with Crippen molar-refractivity contribution in [1.29, 1.82) is 0 Å². The van der Waals surface area contributed by atoms with Gasteiger partial charge in [0.05, 0.1) is 16.5 Å². The van der Waals surface area contributed by atoms with E-state index in [0.29, 0.717) is 6.07 Å². The standard InChI is InChI=1S/C17H15F2N3O5/c1-9(12-4-3-11(18)7-13(12)19)21-16(23)8-27-17(24)10-2-5-14(20)15(6-10)22(25)26/h2-7,9H,8,20H2,1H3,(H,21,23)/t9-/m1/s1. The topological polar surface area (TPSA) is 125 Å². The Balaban J connectivity index is 1.96. The quantitative estimate of drug-likeness (QED) is 0.344. The minimum absolute atomic E-state index is 0.0604. The zero-order valence-electron chi connectivity index (χ0n) is 14.1. The van der Waals surface area contributed by atoms with E-state index in [2.05, 4.69) is 5.32 Å². The lowest BCUT2D eigenvalue weighted by atomic mass is 10.1. The van der Waals surface area contributed by atoms with Crippen molar-refractivity contribution in [2.24, 2.45) is 0 Å². The maximum Gasteiger partial charge on any atom is 0.338 e. The number of nitrogen functional groups attached to an aromatic ring is 1. The molecule has 1 amide bonds. The Labute approximate surface area is 152 Å².